The first kappa shape index (κ1) is 7.63. The molecule has 0 aliphatic heterocycles. The second kappa shape index (κ2) is 2.49. The predicted molar refractivity (Wildman–Crippen MR) is 53.9 cm³/mol. The molecule has 60 valence electrons. The van der Waals surface area contributed by atoms with Gasteiger partial charge in [-0.3, -0.25) is 0 Å². The van der Waals surface area contributed by atoms with Crippen molar-refractivity contribution in [3.8, 4) is 0 Å². The topological polar surface area (TPSA) is 0 Å². The summed E-state index contributed by atoms with van der Waals surface area (Å²) in [6, 6.07) is 8.15. The molecule has 0 spiro atoms. The van der Waals surface area contributed by atoms with Gasteiger partial charge >= 0.3 is 0 Å². The number of halogens is 1. The van der Waals surface area contributed by atoms with Gasteiger partial charge in [0.1, 0.15) is 0 Å². The minimum absolute atomic E-state index is 0.802. The molecule has 1 aromatic carbocycles. The Hall–Kier alpha value is -1.01. The van der Waals surface area contributed by atoms with E-state index in [-0.39, 0.29) is 0 Å². The fourth-order valence-corrected chi connectivity index (χ4v) is 1.74. The highest BCUT2D eigenvalue weighted by molar-refractivity contribution is 6.41. The molecule has 0 amide bonds. The van der Waals surface area contributed by atoms with Crippen LogP contribution in [0.25, 0.3) is 11.1 Å². The summed E-state index contributed by atoms with van der Waals surface area (Å²) in [5.74, 6) is 0. The number of hydrogen-bond donors (Lipinski definition) is 0. The van der Waals surface area contributed by atoms with Gasteiger partial charge in [0.15, 0.2) is 0 Å². The molecular weight excluding hydrogens is 168 g/mol. The summed E-state index contributed by atoms with van der Waals surface area (Å²) in [4.78, 5) is 0. The van der Waals surface area contributed by atoms with E-state index in [1.807, 2.05) is 19.1 Å². The number of fused-ring (bicyclic) bond motifs is 1. The molecular formula is C11H9Cl. The first-order chi connectivity index (χ1) is 5.72. The zero-order valence-electron chi connectivity index (χ0n) is 6.89. The van der Waals surface area contributed by atoms with Gasteiger partial charge in [0.05, 0.1) is 5.03 Å². The van der Waals surface area contributed by atoms with E-state index in [1.165, 1.54) is 11.1 Å². The van der Waals surface area contributed by atoms with Crippen LogP contribution < -0.4 is 0 Å². The van der Waals surface area contributed by atoms with Crippen LogP contribution >= 0.6 is 11.6 Å². The molecule has 0 nitrogen and oxygen atoms in total. The number of rotatable bonds is 0. The van der Waals surface area contributed by atoms with Crippen molar-refractivity contribution in [1.29, 1.82) is 0 Å². The molecule has 0 atom stereocenters. The molecule has 0 saturated heterocycles. The van der Waals surface area contributed by atoms with Crippen molar-refractivity contribution in [3.05, 3.63) is 47.0 Å². The van der Waals surface area contributed by atoms with Crippen LogP contribution in [0.4, 0.5) is 0 Å². The van der Waals surface area contributed by atoms with Gasteiger partial charge in [-0.05, 0) is 29.2 Å². The first-order valence-corrected chi connectivity index (χ1v) is 4.25. The Morgan fingerprint density at radius 1 is 1.17 bits per heavy atom. The molecule has 1 aliphatic rings. The maximum absolute atomic E-state index is 6.06. The third-order valence-electron chi connectivity index (χ3n) is 2.25. The van der Waals surface area contributed by atoms with E-state index in [0.717, 1.165) is 16.2 Å². The Morgan fingerprint density at radius 3 is 2.33 bits per heavy atom. The standard InChI is InChI=1S/C11H9Cl/c1-7-9-5-3-4-6-10(9)8(2)11(7)12/h3-6H,1H2,2H3. The highest BCUT2D eigenvalue weighted by Crippen LogP contribution is 2.41. The molecule has 0 fully saturated rings. The third kappa shape index (κ3) is 0.850. The van der Waals surface area contributed by atoms with Gasteiger partial charge in [-0.15, -0.1) is 0 Å². The quantitative estimate of drug-likeness (QED) is 0.566. The Labute approximate surface area is 77.2 Å². The van der Waals surface area contributed by atoms with Gasteiger partial charge in [0.2, 0.25) is 0 Å². The zero-order valence-corrected chi connectivity index (χ0v) is 7.65. The predicted octanol–water partition coefficient (Wildman–Crippen LogP) is 3.68. The Bertz CT molecular complexity index is 386. The summed E-state index contributed by atoms with van der Waals surface area (Å²) < 4.78 is 0. The van der Waals surface area contributed by atoms with E-state index in [1.54, 1.807) is 0 Å². The van der Waals surface area contributed by atoms with Gasteiger partial charge in [0.25, 0.3) is 0 Å². The van der Waals surface area contributed by atoms with Crippen LogP contribution in [0.5, 0.6) is 0 Å². The van der Waals surface area contributed by atoms with Gasteiger partial charge in [-0.1, -0.05) is 42.4 Å². The van der Waals surface area contributed by atoms with Gasteiger partial charge in [-0.2, -0.15) is 0 Å². The van der Waals surface area contributed by atoms with Crippen molar-refractivity contribution in [2.45, 2.75) is 6.92 Å². The summed E-state index contributed by atoms with van der Waals surface area (Å²) in [5, 5.41) is 0.802. The average molecular weight is 177 g/mol. The average Bonchev–Trinajstić information content (AvgIpc) is 2.33. The fourth-order valence-electron chi connectivity index (χ4n) is 1.54. The molecule has 1 aliphatic carbocycles. The lowest BCUT2D eigenvalue weighted by atomic mass is 10.1. The van der Waals surface area contributed by atoms with Gasteiger partial charge < -0.3 is 0 Å². The highest BCUT2D eigenvalue weighted by Gasteiger charge is 2.19. The van der Waals surface area contributed by atoms with E-state index in [0.29, 0.717) is 0 Å². The minimum Gasteiger partial charge on any atom is -0.0896 e. The molecule has 0 heterocycles. The van der Waals surface area contributed by atoms with Crippen LogP contribution in [0, 0.1) is 0 Å². The summed E-state index contributed by atoms with van der Waals surface area (Å²) in [6.45, 7) is 5.96. The normalized spacial score (nSPS) is 15.3. The smallest absolute Gasteiger partial charge is 0.0514 e. The molecule has 1 heteroatoms. The Kier molecular flexibility index (Phi) is 1.59. The summed E-state index contributed by atoms with van der Waals surface area (Å²) in [5.41, 5.74) is 4.47. The number of hydrogen-bond acceptors (Lipinski definition) is 0. The van der Waals surface area contributed by atoms with Gasteiger partial charge in [-0.25, -0.2) is 0 Å². The minimum atomic E-state index is 0.802. The lowest BCUT2D eigenvalue weighted by molar-refractivity contribution is 1.57. The summed E-state index contributed by atoms with van der Waals surface area (Å²) in [6.07, 6.45) is 0. The lowest BCUT2D eigenvalue weighted by Gasteiger charge is -1.98. The third-order valence-corrected chi connectivity index (χ3v) is 2.76. The van der Waals surface area contributed by atoms with Crippen LogP contribution in [0.2, 0.25) is 0 Å². The summed E-state index contributed by atoms with van der Waals surface area (Å²) >= 11 is 6.06. The van der Waals surface area contributed by atoms with Crippen molar-refractivity contribution in [3.63, 3.8) is 0 Å². The van der Waals surface area contributed by atoms with Gasteiger partial charge in [0, 0.05) is 0 Å². The largest absolute Gasteiger partial charge is 0.0896 e. The van der Waals surface area contributed by atoms with E-state index in [9.17, 15) is 0 Å². The molecule has 2 rings (SSSR count). The van der Waals surface area contributed by atoms with Crippen molar-refractivity contribution >= 4 is 22.7 Å². The van der Waals surface area contributed by atoms with E-state index in [2.05, 4.69) is 18.7 Å². The zero-order chi connectivity index (χ0) is 8.72. The maximum atomic E-state index is 6.06. The van der Waals surface area contributed by atoms with Crippen molar-refractivity contribution in [2.75, 3.05) is 0 Å². The Morgan fingerprint density at radius 2 is 1.75 bits per heavy atom. The number of benzene rings is 1. The van der Waals surface area contributed by atoms with Crippen LogP contribution in [0.1, 0.15) is 18.1 Å². The van der Waals surface area contributed by atoms with Crippen LogP contribution in [0.15, 0.2) is 35.9 Å². The molecule has 0 radical (unpaired) electrons. The van der Waals surface area contributed by atoms with Crippen LogP contribution in [-0.2, 0) is 0 Å². The molecule has 0 bridgehead atoms. The maximum Gasteiger partial charge on any atom is 0.0514 e. The first-order valence-electron chi connectivity index (χ1n) is 3.87. The molecule has 1 aromatic rings. The van der Waals surface area contributed by atoms with Crippen LogP contribution in [0.3, 0.4) is 0 Å². The SMILES string of the molecule is C=C1C(Cl)=C(C)c2ccccc21. The molecule has 12 heavy (non-hydrogen) atoms. The van der Waals surface area contributed by atoms with Crippen molar-refractivity contribution in [1.82, 2.24) is 0 Å². The second-order valence-electron chi connectivity index (χ2n) is 2.96. The van der Waals surface area contributed by atoms with E-state index < -0.39 is 0 Å². The molecule has 0 N–H and O–H groups in total. The highest BCUT2D eigenvalue weighted by atomic mass is 35.5. The molecule has 0 aromatic heterocycles. The second-order valence-corrected chi connectivity index (χ2v) is 3.34. The monoisotopic (exact) mass is 176 g/mol. The van der Waals surface area contributed by atoms with E-state index >= 15 is 0 Å². The lowest BCUT2D eigenvalue weighted by Crippen LogP contribution is -1.79. The molecule has 0 unspecified atom stereocenters. The van der Waals surface area contributed by atoms with Crippen LogP contribution in [-0.4, -0.2) is 0 Å². The van der Waals surface area contributed by atoms with E-state index in [4.69, 9.17) is 11.6 Å². The molecule has 0 saturated carbocycles. The fraction of sp³-hybridized carbons (Fsp3) is 0.0909. The Balaban J connectivity index is 2.73. The summed E-state index contributed by atoms with van der Waals surface area (Å²) in [7, 11) is 0. The number of allylic oxidation sites excluding steroid dienone is 3. The van der Waals surface area contributed by atoms with Crippen molar-refractivity contribution in [2.24, 2.45) is 0 Å². The van der Waals surface area contributed by atoms with Crippen molar-refractivity contribution < 1.29 is 0 Å².